The van der Waals surface area contributed by atoms with Crippen LogP contribution in [0.5, 0.6) is 0 Å². The molecule has 37 heavy (non-hydrogen) atoms. The molecule has 190 valence electrons. The van der Waals surface area contributed by atoms with Crippen LogP contribution in [-0.4, -0.2) is 39.6 Å². The van der Waals surface area contributed by atoms with Gasteiger partial charge in [0.25, 0.3) is 5.56 Å². The van der Waals surface area contributed by atoms with Crippen LogP contribution < -0.4 is 16.2 Å². The zero-order valence-corrected chi connectivity index (χ0v) is 20.9. The third-order valence-corrected chi connectivity index (χ3v) is 7.92. The molecule has 1 aromatic carbocycles. The quantitative estimate of drug-likeness (QED) is 0.420. The van der Waals surface area contributed by atoms with Crippen LogP contribution >= 0.6 is 11.6 Å². The van der Waals surface area contributed by atoms with Crippen molar-refractivity contribution in [3.63, 3.8) is 0 Å². The summed E-state index contributed by atoms with van der Waals surface area (Å²) in [6.07, 6.45) is 5.61. The van der Waals surface area contributed by atoms with E-state index in [0.29, 0.717) is 33.4 Å². The van der Waals surface area contributed by atoms with Crippen LogP contribution in [0.4, 0.5) is 10.1 Å². The lowest BCUT2D eigenvalue weighted by molar-refractivity contribution is 0.157. The Balaban J connectivity index is 1.66. The number of ether oxygens (including phenoxy) is 1. The highest BCUT2D eigenvalue weighted by Crippen LogP contribution is 2.57. The van der Waals surface area contributed by atoms with E-state index >= 15 is 4.39 Å². The van der Waals surface area contributed by atoms with Crippen molar-refractivity contribution < 1.29 is 9.13 Å². The molecule has 2 atom stereocenters. The summed E-state index contributed by atoms with van der Waals surface area (Å²) in [5, 5.41) is 24.6. The SMILES string of the molecule is CC1(C#N)C(OC2CC2)=CC(Cl)(c2cc(N3CCC3)c3c(=O)[nH]nc(CN)c3c2)C(F)=C1c1ccn[nH]1. The van der Waals surface area contributed by atoms with Crippen LogP contribution in [0.1, 0.15) is 43.1 Å². The standard InChI is InChI=1S/C26H25ClFN7O2/c1-25(13-30)20(37-15-3-4-15)11-26(27,23(28)22(25)17-5-6-31-32-17)14-9-16-18(12-29)33-34-24(36)21(16)19(10-14)35-7-2-8-35/h5-6,9-11,15H,2-4,7-8,12,29H2,1H3,(H,31,32)(H,34,36). The van der Waals surface area contributed by atoms with E-state index in [0.717, 1.165) is 32.4 Å². The number of aromatic nitrogens is 4. The normalized spacial score (nSPS) is 25.6. The molecule has 0 radical (unpaired) electrons. The molecule has 1 aliphatic heterocycles. The van der Waals surface area contributed by atoms with Crippen molar-refractivity contribution in [1.82, 2.24) is 20.4 Å². The minimum atomic E-state index is -1.82. The third-order valence-electron chi connectivity index (χ3n) is 7.43. The van der Waals surface area contributed by atoms with Gasteiger partial charge in [0.2, 0.25) is 0 Å². The van der Waals surface area contributed by atoms with Crippen molar-refractivity contribution >= 4 is 33.6 Å². The second-order valence-electron chi connectivity index (χ2n) is 9.90. The second kappa shape index (κ2) is 8.43. The molecule has 2 unspecified atom stereocenters. The second-order valence-corrected chi connectivity index (χ2v) is 10.5. The fourth-order valence-electron chi connectivity index (χ4n) is 5.03. The van der Waals surface area contributed by atoms with E-state index in [2.05, 4.69) is 26.5 Å². The molecule has 3 aliphatic rings. The number of nitrogens with one attached hydrogen (secondary N) is 2. The molecule has 3 aromatic rings. The molecule has 1 saturated carbocycles. The van der Waals surface area contributed by atoms with E-state index in [9.17, 15) is 10.1 Å². The first-order valence-electron chi connectivity index (χ1n) is 12.2. The molecule has 2 aromatic heterocycles. The van der Waals surface area contributed by atoms with Gasteiger partial charge in [0.1, 0.15) is 21.9 Å². The fraction of sp³-hybridized carbons (Fsp3) is 0.385. The highest BCUT2D eigenvalue weighted by molar-refractivity contribution is 6.28. The van der Waals surface area contributed by atoms with Gasteiger partial charge in [-0.1, -0.05) is 0 Å². The number of H-pyrrole nitrogens is 2. The van der Waals surface area contributed by atoms with Crippen molar-refractivity contribution in [3.05, 3.63) is 69.4 Å². The number of nitrogens with two attached hydrogens (primary N) is 1. The first-order valence-corrected chi connectivity index (χ1v) is 12.6. The highest BCUT2D eigenvalue weighted by atomic mass is 35.5. The van der Waals surface area contributed by atoms with Gasteiger partial charge in [-0.3, -0.25) is 9.89 Å². The number of anilines is 1. The van der Waals surface area contributed by atoms with Crippen molar-refractivity contribution in [2.24, 2.45) is 11.1 Å². The molecule has 6 rings (SSSR count). The van der Waals surface area contributed by atoms with E-state index in [4.69, 9.17) is 22.1 Å². The molecule has 2 fully saturated rings. The van der Waals surface area contributed by atoms with Gasteiger partial charge in [0.05, 0.1) is 34.6 Å². The summed E-state index contributed by atoms with van der Waals surface area (Å²) in [6, 6.07) is 7.26. The maximum Gasteiger partial charge on any atom is 0.274 e. The van der Waals surface area contributed by atoms with Gasteiger partial charge in [-0.15, -0.1) is 11.6 Å². The van der Waals surface area contributed by atoms with Gasteiger partial charge >= 0.3 is 0 Å². The van der Waals surface area contributed by atoms with Gasteiger partial charge in [0, 0.05) is 36.8 Å². The zero-order chi connectivity index (χ0) is 25.9. The minimum Gasteiger partial charge on any atom is -0.493 e. The maximum absolute atomic E-state index is 16.8. The van der Waals surface area contributed by atoms with Gasteiger partial charge in [-0.25, -0.2) is 9.49 Å². The van der Waals surface area contributed by atoms with Gasteiger partial charge in [-0.05, 0) is 56.0 Å². The summed E-state index contributed by atoms with van der Waals surface area (Å²) in [5.41, 5.74) is 6.06. The number of hydrogen-bond acceptors (Lipinski definition) is 7. The lowest BCUT2D eigenvalue weighted by Crippen LogP contribution is -2.38. The predicted octanol–water partition coefficient (Wildman–Crippen LogP) is 3.74. The Labute approximate surface area is 216 Å². The van der Waals surface area contributed by atoms with Gasteiger partial charge in [0.15, 0.2) is 0 Å². The predicted molar refractivity (Wildman–Crippen MR) is 137 cm³/mol. The Morgan fingerprint density at radius 2 is 2.14 bits per heavy atom. The topological polar surface area (TPSA) is 137 Å². The van der Waals surface area contributed by atoms with E-state index in [-0.39, 0.29) is 29.5 Å². The van der Waals surface area contributed by atoms with Crippen LogP contribution in [0.3, 0.4) is 0 Å². The molecule has 9 nitrogen and oxygen atoms in total. The minimum absolute atomic E-state index is 0.0520. The summed E-state index contributed by atoms with van der Waals surface area (Å²) in [6.45, 7) is 3.20. The Bertz CT molecular complexity index is 1570. The van der Waals surface area contributed by atoms with Crippen molar-refractivity contribution in [3.8, 4) is 6.07 Å². The highest BCUT2D eigenvalue weighted by Gasteiger charge is 2.52. The molecular formula is C26H25ClFN7O2. The molecule has 11 heteroatoms. The van der Waals surface area contributed by atoms with Crippen LogP contribution in [0.15, 0.2) is 46.9 Å². The lowest BCUT2D eigenvalue weighted by atomic mass is 9.71. The fourth-order valence-corrected chi connectivity index (χ4v) is 5.34. The lowest BCUT2D eigenvalue weighted by Gasteiger charge is -2.39. The van der Waals surface area contributed by atoms with Crippen molar-refractivity contribution in [2.75, 3.05) is 18.0 Å². The number of rotatable bonds is 6. The Morgan fingerprint density at radius 1 is 1.35 bits per heavy atom. The summed E-state index contributed by atoms with van der Waals surface area (Å²) in [7, 11) is 0. The number of aromatic amines is 2. The zero-order valence-electron chi connectivity index (χ0n) is 20.1. The average Bonchev–Trinajstić information content (AvgIpc) is 3.52. The Hall–Kier alpha value is -3.68. The van der Waals surface area contributed by atoms with E-state index < -0.39 is 16.1 Å². The first kappa shape index (κ1) is 23.7. The van der Waals surface area contributed by atoms with Crippen LogP contribution in [-0.2, 0) is 16.2 Å². The summed E-state index contributed by atoms with van der Waals surface area (Å²) >= 11 is 7.23. The largest absolute Gasteiger partial charge is 0.493 e. The van der Waals surface area contributed by atoms with Gasteiger partial charge in [-0.2, -0.15) is 15.5 Å². The van der Waals surface area contributed by atoms with Crippen molar-refractivity contribution in [2.45, 2.75) is 43.7 Å². The number of nitrogens with zero attached hydrogens (tertiary/aromatic N) is 4. The molecule has 0 bridgehead atoms. The Morgan fingerprint density at radius 3 is 2.73 bits per heavy atom. The molecule has 4 N–H and O–H groups in total. The van der Waals surface area contributed by atoms with Crippen molar-refractivity contribution in [1.29, 1.82) is 5.26 Å². The molecule has 3 heterocycles. The van der Waals surface area contributed by atoms with E-state index in [1.54, 1.807) is 25.1 Å². The van der Waals surface area contributed by atoms with Crippen LogP contribution in [0.25, 0.3) is 16.3 Å². The maximum atomic E-state index is 16.8. The number of alkyl halides is 1. The van der Waals surface area contributed by atoms with Crippen LogP contribution in [0.2, 0.25) is 0 Å². The Kier molecular flexibility index (Phi) is 5.40. The number of benzene rings is 1. The number of fused-ring (bicyclic) bond motifs is 1. The third kappa shape index (κ3) is 3.56. The van der Waals surface area contributed by atoms with Crippen LogP contribution in [0, 0.1) is 16.7 Å². The smallest absolute Gasteiger partial charge is 0.274 e. The average molecular weight is 522 g/mol. The summed E-state index contributed by atoms with van der Waals surface area (Å²) in [4.78, 5) is 13.1. The van der Waals surface area contributed by atoms with E-state index in [1.807, 2.05) is 4.90 Å². The summed E-state index contributed by atoms with van der Waals surface area (Å²) < 4.78 is 23.0. The molecule has 0 amide bonds. The molecule has 1 saturated heterocycles. The number of nitriles is 1. The number of hydrogen-bond donors (Lipinski definition) is 3. The molecule has 0 spiro atoms. The summed E-state index contributed by atoms with van der Waals surface area (Å²) in [5.74, 6) is -0.432. The first-order chi connectivity index (χ1) is 17.8. The molecular weight excluding hydrogens is 497 g/mol. The number of halogens is 2. The van der Waals surface area contributed by atoms with E-state index in [1.165, 1.54) is 12.3 Å². The number of allylic oxidation sites excluding steroid dienone is 3. The van der Waals surface area contributed by atoms with Gasteiger partial charge < -0.3 is 15.4 Å². The monoisotopic (exact) mass is 521 g/mol. The molecule has 2 aliphatic carbocycles.